The molecule has 1 aliphatic heterocycles. The van der Waals surface area contributed by atoms with Gasteiger partial charge in [0, 0.05) is 30.5 Å². The van der Waals surface area contributed by atoms with Crippen molar-refractivity contribution in [3.8, 4) is 5.75 Å². The molecule has 1 aromatic carbocycles. The van der Waals surface area contributed by atoms with Crippen LogP contribution < -0.4 is 4.74 Å². The molecule has 0 radical (unpaired) electrons. The van der Waals surface area contributed by atoms with Gasteiger partial charge in [-0.3, -0.25) is 0 Å². The van der Waals surface area contributed by atoms with Gasteiger partial charge in [0.2, 0.25) is 0 Å². The van der Waals surface area contributed by atoms with Gasteiger partial charge in [-0.2, -0.15) is 0 Å². The van der Waals surface area contributed by atoms with Crippen molar-refractivity contribution in [1.29, 1.82) is 0 Å². The van der Waals surface area contributed by atoms with Gasteiger partial charge in [0.15, 0.2) is 0 Å². The van der Waals surface area contributed by atoms with E-state index in [-0.39, 0.29) is 24.0 Å². The Morgan fingerprint density at radius 3 is 2.75 bits per heavy atom. The fourth-order valence-electron chi connectivity index (χ4n) is 2.39. The van der Waals surface area contributed by atoms with E-state index in [0.29, 0.717) is 23.6 Å². The first-order chi connectivity index (χ1) is 9.49. The van der Waals surface area contributed by atoms with Gasteiger partial charge in [-0.25, -0.2) is 9.18 Å². The second kappa shape index (κ2) is 6.06. The Balaban J connectivity index is 2.38. The molecule has 20 heavy (non-hydrogen) atoms. The number of amides is 1. The van der Waals surface area contributed by atoms with Crippen LogP contribution in [-0.4, -0.2) is 42.2 Å². The van der Waals surface area contributed by atoms with E-state index >= 15 is 0 Å². The fourth-order valence-corrected chi connectivity index (χ4v) is 2.83. The first-order valence-electron chi connectivity index (χ1n) is 6.08. The van der Waals surface area contributed by atoms with Gasteiger partial charge >= 0.3 is 6.09 Å². The minimum atomic E-state index is -1.01. The molecule has 0 aromatic heterocycles. The normalized spacial score (nSPS) is 15.1. The summed E-state index contributed by atoms with van der Waals surface area (Å²) in [5, 5.41) is 8.85. The summed E-state index contributed by atoms with van der Waals surface area (Å²) in [5.74, 6) is -0.00256. The monoisotopic (exact) mass is 321 g/mol. The van der Waals surface area contributed by atoms with E-state index < -0.39 is 11.9 Å². The predicted molar refractivity (Wildman–Crippen MR) is 74.7 cm³/mol. The van der Waals surface area contributed by atoms with Gasteiger partial charge in [0.1, 0.15) is 11.6 Å². The van der Waals surface area contributed by atoms with Crippen LogP contribution in [0.3, 0.4) is 0 Å². The first-order valence-corrected chi connectivity index (χ1v) is 6.99. The summed E-state index contributed by atoms with van der Waals surface area (Å²) in [7, 11) is 1.46. The number of methoxy groups -OCH3 is 1. The minimum Gasteiger partial charge on any atom is -0.496 e. The summed E-state index contributed by atoms with van der Waals surface area (Å²) in [6.07, 6.45) is -0.503. The number of hydrogen-bond donors (Lipinski definition) is 1. The molecule has 1 N–H and O–H groups in total. The van der Waals surface area contributed by atoms with Gasteiger partial charge in [-0.15, -0.1) is 11.6 Å². The zero-order valence-corrected chi connectivity index (χ0v) is 12.3. The Kier molecular flexibility index (Phi) is 4.60. The summed E-state index contributed by atoms with van der Waals surface area (Å²) >= 11 is 11.6. The van der Waals surface area contributed by atoms with Crippen molar-refractivity contribution in [2.45, 2.75) is 12.3 Å². The lowest BCUT2D eigenvalue weighted by atomic mass is 9.88. The van der Waals surface area contributed by atoms with Gasteiger partial charge in [0.05, 0.1) is 12.1 Å². The Morgan fingerprint density at radius 2 is 2.25 bits per heavy atom. The molecule has 4 nitrogen and oxygen atoms in total. The maximum absolute atomic E-state index is 14.3. The number of nitrogens with zero attached hydrogens (tertiary/aromatic N) is 1. The Hall–Kier alpha value is -1.20. The highest BCUT2D eigenvalue weighted by molar-refractivity contribution is 6.31. The van der Waals surface area contributed by atoms with Gasteiger partial charge in [-0.05, 0) is 18.1 Å². The number of hydrogen-bond acceptors (Lipinski definition) is 2. The maximum Gasteiger partial charge on any atom is 0.407 e. The van der Waals surface area contributed by atoms with Crippen molar-refractivity contribution in [2.75, 3.05) is 26.1 Å². The van der Waals surface area contributed by atoms with Crippen molar-refractivity contribution < 1.29 is 19.0 Å². The number of ether oxygens (including phenoxy) is 1. The average Bonchev–Trinajstić information content (AvgIpc) is 2.33. The molecule has 0 unspecified atom stereocenters. The topological polar surface area (TPSA) is 49.8 Å². The third kappa shape index (κ3) is 2.65. The number of likely N-dealkylation sites (tertiary alicyclic amines) is 1. The number of carboxylic acid groups (broad SMARTS) is 1. The molecule has 1 aliphatic rings. The summed E-state index contributed by atoms with van der Waals surface area (Å²) in [6, 6.07) is 1.51. The molecule has 0 bridgehead atoms. The third-order valence-electron chi connectivity index (χ3n) is 3.41. The number of carbonyl (C=O) groups is 1. The van der Waals surface area contributed by atoms with Crippen LogP contribution in [0.25, 0.3) is 0 Å². The average molecular weight is 322 g/mol. The maximum atomic E-state index is 14.3. The molecule has 0 spiro atoms. The highest BCUT2D eigenvalue weighted by atomic mass is 35.5. The minimum absolute atomic E-state index is 0.00897. The number of aryl methyl sites for hydroxylation is 1. The smallest absolute Gasteiger partial charge is 0.407 e. The molecular formula is C13H14Cl2FNO3. The van der Waals surface area contributed by atoms with E-state index in [4.69, 9.17) is 33.0 Å². The van der Waals surface area contributed by atoms with Crippen LogP contribution in [0.15, 0.2) is 6.07 Å². The van der Waals surface area contributed by atoms with Gasteiger partial charge in [-0.1, -0.05) is 11.6 Å². The Morgan fingerprint density at radius 1 is 1.60 bits per heavy atom. The predicted octanol–water partition coefficient (Wildman–Crippen LogP) is 3.35. The molecule has 7 heteroatoms. The van der Waals surface area contributed by atoms with Crippen LogP contribution in [0.2, 0.25) is 5.02 Å². The second-order valence-corrected chi connectivity index (χ2v) is 5.39. The molecule has 0 saturated carbocycles. The summed E-state index contributed by atoms with van der Waals surface area (Å²) < 4.78 is 19.6. The molecule has 1 saturated heterocycles. The standard InChI is InChI=1S/C13H14Cl2FNO3/c1-20-12-7(2-3-14)4-9(15)11(16)10(12)8-5-17(6-8)13(18)19/h4,8H,2-3,5-6H2,1H3,(H,18,19). The lowest BCUT2D eigenvalue weighted by molar-refractivity contribution is 0.103. The van der Waals surface area contributed by atoms with Crippen molar-refractivity contribution in [2.24, 2.45) is 0 Å². The second-order valence-electron chi connectivity index (χ2n) is 4.60. The fraction of sp³-hybridized carbons (Fsp3) is 0.462. The Labute approximate surface area is 126 Å². The van der Waals surface area contributed by atoms with E-state index in [1.54, 1.807) is 0 Å². The van der Waals surface area contributed by atoms with Crippen LogP contribution in [0.1, 0.15) is 17.0 Å². The molecule has 1 amide bonds. The number of alkyl halides is 1. The number of benzene rings is 1. The zero-order chi connectivity index (χ0) is 14.9. The lowest BCUT2D eigenvalue weighted by Crippen LogP contribution is -2.48. The first kappa shape index (κ1) is 15.2. The SMILES string of the molecule is COc1c(CCCl)cc(Cl)c(F)c1C1CN(C(=O)O)C1. The Bertz CT molecular complexity index is 533. The van der Waals surface area contributed by atoms with Crippen molar-refractivity contribution in [3.63, 3.8) is 0 Å². The molecule has 1 aromatic rings. The summed E-state index contributed by atoms with van der Waals surface area (Å²) in [4.78, 5) is 12.0. The van der Waals surface area contributed by atoms with E-state index in [1.165, 1.54) is 18.1 Å². The number of rotatable bonds is 4. The van der Waals surface area contributed by atoms with E-state index in [2.05, 4.69) is 0 Å². The van der Waals surface area contributed by atoms with E-state index in [1.807, 2.05) is 0 Å². The molecule has 1 fully saturated rings. The van der Waals surface area contributed by atoms with Crippen LogP contribution in [0.5, 0.6) is 5.75 Å². The largest absolute Gasteiger partial charge is 0.496 e. The van der Waals surface area contributed by atoms with E-state index in [0.717, 1.165) is 5.56 Å². The zero-order valence-electron chi connectivity index (χ0n) is 10.8. The van der Waals surface area contributed by atoms with Crippen LogP contribution in [-0.2, 0) is 6.42 Å². The quantitative estimate of drug-likeness (QED) is 0.865. The third-order valence-corrected chi connectivity index (χ3v) is 3.88. The lowest BCUT2D eigenvalue weighted by Gasteiger charge is -2.38. The molecule has 0 aliphatic carbocycles. The highest BCUT2D eigenvalue weighted by Crippen LogP contribution is 2.40. The molecule has 110 valence electrons. The van der Waals surface area contributed by atoms with Crippen LogP contribution in [0.4, 0.5) is 9.18 Å². The summed E-state index contributed by atoms with van der Waals surface area (Å²) in [6.45, 7) is 0.479. The van der Waals surface area contributed by atoms with Crippen LogP contribution in [0, 0.1) is 5.82 Å². The van der Waals surface area contributed by atoms with Gasteiger partial charge in [0.25, 0.3) is 0 Å². The van der Waals surface area contributed by atoms with Gasteiger partial charge < -0.3 is 14.7 Å². The molecular weight excluding hydrogens is 308 g/mol. The molecule has 2 rings (SSSR count). The van der Waals surface area contributed by atoms with Crippen molar-refractivity contribution >= 4 is 29.3 Å². The van der Waals surface area contributed by atoms with E-state index in [9.17, 15) is 9.18 Å². The summed E-state index contributed by atoms with van der Waals surface area (Å²) in [5.41, 5.74) is 1.08. The molecule has 0 atom stereocenters. The highest BCUT2D eigenvalue weighted by Gasteiger charge is 2.36. The van der Waals surface area contributed by atoms with Crippen molar-refractivity contribution in [3.05, 3.63) is 28.0 Å². The van der Waals surface area contributed by atoms with Crippen LogP contribution >= 0.6 is 23.2 Å². The van der Waals surface area contributed by atoms with Crippen molar-refractivity contribution in [1.82, 2.24) is 4.90 Å². The molecule has 1 heterocycles. The number of halogens is 3.